The van der Waals surface area contributed by atoms with Gasteiger partial charge in [-0.25, -0.2) is 0 Å². The van der Waals surface area contributed by atoms with E-state index in [4.69, 9.17) is 0 Å². The van der Waals surface area contributed by atoms with E-state index >= 15 is 0 Å². The first-order chi connectivity index (χ1) is 12.4. The van der Waals surface area contributed by atoms with Crippen LogP contribution in [0.25, 0.3) is 0 Å². The molecule has 1 aliphatic rings. The number of aryl methyl sites for hydroxylation is 1. The molecule has 0 bridgehead atoms. The van der Waals surface area contributed by atoms with Crippen molar-refractivity contribution in [1.29, 1.82) is 0 Å². The fraction of sp³-hybridized carbons (Fsp3) is 0.389. The number of β-amino-alcohol motifs (C(OH)–C–C–N with tert-alkyl or cyclic N) is 1. The summed E-state index contributed by atoms with van der Waals surface area (Å²) in [6.45, 7) is 1.71. The summed E-state index contributed by atoms with van der Waals surface area (Å²) < 4.78 is 0. The molecule has 138 valence electrons. The summed E-state index contributed by atoms with van der Waals surface area (Å²) >= 11 is 0. The second-order valence-electron chi connectivity index (χ2n) is 6.68. The number of nitrogens with zero attached hydrogens (tertiary/aromatic N) is 2. The summed E-state index contributed by atoms with van der Waals surface area (Å²) in [6, 6.07) is 9.04. The van der Waals surface area contributed by atoms with Gasteiger partial charge >= 0.3 is 0 Å². The molecule has 26 heavy (non-hydrogen) atoms. The van der Waals surface area contributed by atoms with Crippen LogP contribution in [0.1, 0.15) is 27.5 Å². The van der Waals surface area contributed by atoms with Gasteiger partial charge in [0.15, 0.2) is 0 Å². The molecule has 1 fully saturated rings. The fourth-order valence-electron chi connectivity index (χ4n) is 3.07. The van der Waals surface area contributed by atoms with Gasteiger partial charge in [0, 0.05) is 0 Å². The van der Waals surface area contributed by atoms with Crippen LogP contribution >= 0.6 is 0 Å². The van der Waals surface area contributed by atoms with Gasteiger partial charge in [-0.15, -0.1) is 0 Å². The van der Waals surface area contributed by atoms with E-state index in [-0.39, 0.29) is 38.1 Å². The highest BCUT2D eigenvalue weighted by atomic mass is 16.3. The predicted molar refractivity (Wildman–Crippen MR) is 93.5 cm³/mol. The minimum atomic E-state index is -1.17. The number of H-pyrrole nitrogens is 1. The predicted octanol–water partition coefficient (Wildman–Crippen LogP) is -0.203. The van der Waals surface area contributed by atoms with Crippen LogP contribution in [0.5, 0.6) is 0 Å². The van der Waals surface area contributed by atoms with Crippen molar-refractivity contribution < 1.29 is 19.8 Å². The van der Waals surface area contributed by atoms with Crippen LogP contribution in [0.4, 0.5) is 0 Å². The van der Waals surface area contributed by atoms with Crippen LogP contribution in [0.2, 0.25) is 0 Å². The van der Waals surface area contributed by atoms with E-state index in [2.05, 4.69) is 15.5 Å². The first-order valence-electron chi connectivity index (χ1n) is 8.39. The Hall–Kier alpha value is -2.71. The number of rotatable bonds is 6. The zero-order valence-electron chi connectivity index (χ0n) is 14.5. The van der Waals surface area contributed by atoms with E-state index in [0.29, 0.717) is 11.3 Å². The fourth-order valence-corrected chi connectivity index (χ4v) is 3.07. The lowest BCUT2D eigenvalue weighted by Crippen LogP contribution is -2.68. The van der Waals surface area contributed by atoms with Crippen molar-refractivity contribution in [3.05, 3.63) is 53.3 Å². The molecule has 1 atom stereocenters. The molecule has 8 heteroatoms. The minimum Gasteiger partial charge on any atom is -0.395 e. The molecule has 3 rings (SSSR count). The van der Waals surface area contributed by atoms with Gasteiger partial charge in [0.2, 0.25) is 5.91 Å². The number of hydrogen-bond acceptors (Lipinski definition) is 5. The standard InChI is InChI=1S/C18H22N4O4/c1-12-7-20-21-15(12)16(24)19-9-18(26)10-22(11-18)17(25)14(8-23)13-5-3-2-4-6-13/h2-7,14,23,26H,8-11H2,1H3,(H,19,24)(H,20,21). The topological polar surface area (TPSA) is 119 Å². The van der Waals surface area contributed by atoms with Crippen molar-refractivity contribution >= 4 is 11.8 Å². The van der Waals surface area contributed by atoms with E-state index in [1.54, 1.807) is 25.3 Å². The first kappa shape index (κ1) is 18.1. The van der Waals surface area contributed by atoms with Crippen LogP contribution in [0.15, 0.2) is 36.5 Å². The Kier molecular flexibility index (Phi) is 5.06. The minimum absolute atomic E-state index is 0.0310. The molecule has 2 heterocycles. The van der Waals surface area contributed by atoms with Crippen molar-refractivity contribution in [2.75, 3.05) is 26.2 Å². The number of aliphatic hydroxyl groups is 2. The Morgan fingerprint density at radius 3 is 2.62 bits per heavy atom. The van der Waals surface area contributed by atoms with E-state index in [0.717, 1.165) is 5.56 Å². The van der Waals surface area contributed by atoms with Crippen molar-refractivity contribution in [1.82, 2.24) is 20.4 Å². The van der Waals surface area contributed by atoms with Crippen LogP contribution < -0.4 is 5.32 Å². The maximum Gasteiger partial charge on any atom is 0.269 e. The molecule has 0 aliphatic carbocycles. The summed E-state index contributed by atoms with van der Waals surface area (Å²) in [5, 5.41) is 29.1. The molecule has 0 saturated carbocycles. The number of carbonyl (C=O) groups is 2. The first-order valence-corrected chi connectivity index (χ1v) is 8.39. The van der Waals surface area contributed by atoms with Gasteiger partial charge < -0.3 is 20.4 Å². The number of aromatic nitrogens is 2. The normalized spacial score (nSPS) is 16.7. The Balaban J connectivity index is 1.54. The molecule has 0 radical (unpaired) electrons. The summed E-state index contributed by atoms with van der Waals surface area (Å²) in [6.07, 6.45) is 1.55. The van der Waals surface area contributed by atoms with E-state index < -0.39 is 11.5 Å². The van der Waals surface area contributed by atoms with E-state index in [1.165, 1.54) is 4.90 Å². The highest BCUT2D eigenvalue weighted by Gasteiger charge is 2.45. The van der Waals surface area contributed by atoms with Gasteiger partial charge in [-0.2, -0.15) is 5.10 Å². The molecule has 2 amide bonds. The van der Waals surface area contributed by atoms with Crippen molar-refractivity contribution in [3.63, 3.8) is 0 Å². The molecular formula is C18H22N4O4. The lowest BCUT2D eigenvalue weighted by atomic mass is 9.90. The lowest BCUT2D eigenvalue weighted by molar-refractivity contribution is -0.156. The molecule has 1 aromatic carbocycles. The van der Waals surface area contributed by atoms with Crippen LogP contribution in [-0.4, -0.2) is 69.0 Å². The summed E-state index contributed by atoms with van der Waals surface area (Å²) in [5.41, 5.74) is 0.632. The largest absolute Gasteiger partial charge is 0.395 e. The van der Waals surface area contributed by atoms with Crippen LogP contribution in [0.3, 0.4) is 0 Å². The number of nitrogens with one attached hydrogen (secondary N) is 2. The molecular weight excluding hydrogens is 336 g/mol. The van der Waals surface area contributed by atoms with Crippen LogP contribution in [0, 0.1) is 6.92 Å². The average molecular weight is 358 g/mol. The zero-order chi connectivity index (χ0) is 18.7. The number of aliphatic hydroxyl groups excluding tert-OH is 1. The van der Waals surface area contributed by atoms with Gasteiger partial charge in [-0.1, -0.05) is 30.3 Å². The average Bonchev–Trinajstić information content (AvgIpc) is 3.05. The molecule has 1 aromatic heterocycles. The maximum atomic E-state index is 12.6. The highest BCUT2D eigenvalue weighted by molar-refractivity contribution is 5.93. The molecule has 1 saturated heterocycles. The number of aromatic amines is 1. The van der Waals surface area contributed by atoms with Crippen molar-refractivity contribution in [2.24, 2.45) is 0 Å². The number of likely N-dealkylation sites (tertiary alicyclic amines) is 1. The highest BCUT2D eigenvalue weighted by Crippen LogP contribution is 2.26. The number of hydrogen-bond donors (Lipinski definition) is 4. The SMILES string of the molecule is Cc1cn[nH]c1C(=O)NCC1(O)CN(C(=O)C(CO)c2ccccc2)C1. The Bertz CT molecular complexity index is 783. The second kappa shape index (κ2) is 7.27. The molecule has 8 nitrogen and oxygen atoms in total. The van der Waals surface area contributed by atoms with E-state index in [9.17, 15) is 19.8 Å². The second-order valence-corrected chi connectivity index (χ2v) is 6.68. The third-order valence-corrected chi connectivity index (χ3v) is 4.60. The van der Waals surface area contributed by atoms with E-state index in [1.807, 2.05) is 18.2 Å². The Morgan fingerprint density at radius 1 is 1.35 bits per heavy atom. The quantitative estimate of drug-likeness (QED) is 0.570. The summed E-state index contributed by atoms with van der Waals surface area (Å²) in [5.74, 6) is -1.24. The summed E-state index contributed by atoms with van der Waals surface area (Å²) in [4.78, 5) is 26.1. The van der Waals surface area contributed by atoms with Gasteiger partial charge in [0.25, 0.3) is 5.91 Å². The summed E-state index contributed by atoms with van der Waals surface area (Å²) in [7, 11) is 0. The Morgan fingerprint density at radius 2 is 2.04 bits per heavy atom. The van der Waals surface area contributed by atoms with Crippen LogP contribution in [-0.2, 0) is 4.79 Å². The molecule has 0 spiro atoms. The Labute approximate surface area is 150 Å². The maximum absolute atomic E-state index is 12.6. The number of benzene rings is 1. The van der Waals surface area contributed by atoms with Gasteiger partial charge in [0.1, 0.15) is 11.3 Å². The molecule has 4 N–H and O–H groups in total. The van der Waals surface area contributed by atoms with Crippen molar-refractivity contribution in [2.45, 2.75) is 18.4 Å². The third kappa shape index (κ3) is 3.61. The molecule has 1 unspecified atom stereocenters. The van der Waals surface area contributed by atoms with Crippen molar-refractivity contribution in [3.8, 4) is 0 Å². The van der Waals surface area contributed by atoms with Gasteiger partial charge in [0.05, 0.1) is 38.4 Å². The zero-order valence-corrected chi connectivity index (χ0v) is 14.5. The number of carbonyl (C=O) groups excluding carboxylic acids is 2. The third-order valence-electron chi connectivity index (χ3n) is 4.60. The monoisotopic (exact) mass is 358 g/mol. The molecule has 1 aliphatic heterocycles. The number of amides is 2. The van der Waals surface area contributed by atoms with Gasteiger partial charge in [-0.05, 0) is 18.1 Å². The smallest absolute Gasteiger partial charge is 0.269 e. The lowest BCUT2D eigenvalue weighted by Gasteiger charge is -2.47. The van der Waals surface area contributed by atoms with Gasteiger partial charge in [-0.3, -0.25) is 14.7 Å². The molecule has 2 aromatic rings.